The van der Waals surface area contributed by atoms with Crippen LogP contribution in [-0.4, -0.2) is 25.0 Å². The number of fused-ring (bicyclic) bond motifs is 1. The second-order valence-electron chi connectivity index (χ2n) is 4.92. The third kappa shape index (κ3) is 2.46. The predicted octanol–water partition coefficient (Wildman–Crippen LogP) is 3.13. The fraction of sp³-hybridized carbons (Fsp3) is 0.385. The van der Waals surface area contributed by atoms with E-state index >= 15 is 0 Å². The average molecular weight is 361 g/mol. The topological polar surface area (TPSA) is 54.4 Å². The quantitative estimate of drug-likeness (QED) is 0.894. The van der Waals surface area contributed by atoms with E-state index in [1.54, 1.807) is 11.3 Å². The summed E-state index contributed by atoms with van der Waals surface area (Å²) < 4.78 is 25.1. The van der Waals surface area contributed by atoms with Gasteiger partial charge >= 0.3 is 0 Å². The van der Waals surface area contributed by atoms with Gasteiger partial charge in [0.25, 0.3) is 0 Å². The van der Waals surface area contributed by atoms with Gasteiger partial charge in [-0.2, -0.15) is 0 Å². The molecule has 0 amide bonds. The lowest BCUT2D eigenvalue weighted by Gasteiger charge is -2.16. The zero-order valence-electron chi connectivity index (χ0n) is 10.0. The van der Waals surface area contributed by atoms with Gasteiger partial charge in [-0.05, 0) is 44.7 Å². The SMILES string of the molecule is O=S1(=O)CCC(C(O)c2csc3c(Br)cccc23)C1. The minimum absolute atomic E-state index is 0.0967. The summed E-state index contributed by atoms with van der Waals surface area (Å²) in [5.74, 6) is 0.113. The first-order valence-electron chi connectivity index (χ1n) is 6.02. The van der Waals surface area contributed by atoms with E-state index in [4.69, 9.17) is 0 Å². The van der Waals surface area contributed by atoms with Gasteiger partial charge in [0, 0.05) is 15.1 Å². The molecule has 1 aliphatic heterocycles. The highest BCUT2D eigenvalue weighted by atomic mass is 79.9. The molecule has 1 aromatic heterocycles. The highest BCUT2D eigenvalue weighted by Crippen LogP contribution is 2.39. The molecule has 1 N–H and O–H groups in total. The van der Waals surface area contributed by atoms with E-state index < -0.39 is 15.9 Å². The first kappa shape index (κ1) is 13.5. The van der Waals surface area contributed by atoms with Crippen molar-refractivity contribution >= 4 is 47.2 Å². The Hall–Kier alpha value is -0.430. The minimum atomic E-state index is -2.96. The predicted molar refractivity (Wildman–Crippen MR) is 81.2 cm³/mol. The van der Waals surface area contributed by atoms with Crippen molar-refractivity contribution in [2.75, 3.05) is 11.5 Å². The molecule has 1 aliphatic rings. The first-order valence-corrected chi connectivity index (χ1v) is 9.51. The van der Waals surface area contributed by atoms with E-state index in [1.807, 2.05) is 23.6 Å². The van der Waals surface area contributed by atoms with Gasteiger partial charge in [-0.1, -0.05) is 12.1 Å². The molecule has 19 heavy (non-hydrogen) atoms. The van der Waals surface area contributed by atoms with Crippen LogP contribution in [0.3, 0.4) is 0 Å². The number of aliphatic hydroxyl groups is 1. The molecule has 0 aliphatic carbocycles. The number of rotatable bonds is 2. The number of halogens is 1. The Morgan fingerprint density at radius 2 is 2.21 bits per heavy atom. The van der Waals surface area contributed by atoms with Crippen molar-refractivity contribution in [3.05, 3.63) is 33.6 Å². The molecule has 0 radical (unpaired) electrons. The molecular weight excluding hydrogens is 348 g/mol. The van der Waals surface area contributed by atoms with Crippen molar-refractivity contribution < 1.29 is 13.5 Å². The second-order valence-corrected chi connectivity index (χ2v) is 8.88. The largest absolute Gasteiger partial charge is 0.388 e. The summed E-state index contributed by atoms with van der Waals surface area (Å²) in [6.07, 6.45) is -0.144. The third-order valence-corrected chi connectivity index (χ3v) is 7.38. The summed E-state index contributed by atoms with van der Waals surface area (Å²) in [7, 11) is -2.96. The third-order valence-electron chi connectivity index (χ3n) is 3.61. The fourth-order valence-corrected chi connectivity index (χ4v) is 6.08. The van der Waals surface area contributed by atoms with Crippen molar-refractivity contribution in [2.45, 2.75) is 12.5 Å². The Morgan fingerprint density at radius 3 is 2.89 bits per heavy atom. The molecule has 1 saturated heterocycles. The van der Waals surface area contributed by atoms with Crippen molar-refractivity contribution in [3.8, 4) is 0 Å². The Labute approximate surface area is 124 Å². The van der Waals surface area contributed by atoms with Gasteiger partial charge in [0.2, 0.25) is 0 Å². The maximum absolute atomic E-state index is 11.5. The highest BCUT2D eigenvalue weighted by molar-refractivity contribution is 9.10. The molecule has 2 aromatic rings. The lowest BCUT2D eigenvalue weighted by Crippen LogP contribution is -2.13. The van der Waals surface area contributed by atoms with E-state index in [-0.39, 0.29) is 17.4 Å². The van der Waals surface area contributed by atoms with Crippen molar-refractivity contribution in [1.82, 2.24) is 0 Å². The Bertz CT molecular complexity index is 721. The van der Waals surface area contributed by atoms with Crippen LogP contribution in [0.2, 0.25) is 0 Å². The standard InChI is InChI=1S/C13H13BrO3S2/c14-11-3-1-2-9-10(6-18-13(9)11)12(15)8-4-5-19(16,17)7-8/h1-3,6,8,12,15H,4-5,7H2. The maximum Gasteiger partial charge on any atom is 0.150 e. The molecule has 0 saturated carbocycles. The number of benzene rings is 1. The lowest BCUT2D eigenvalue weighted by atomic mass is 9.95. The number of aliphatic hydroxyl groups excluding tert-OH is 1. The lowest BCUT2D eigenvalue weighted by molar-refractivity contribution is 0.123. The zero-order chi connectivity index (χ0) is 13.6. The summed E-state index contributed by atoms with van der Waals surface area (Å²) in [4.78, 5) is 0. The van der Waals surface area contributed by atoms with Gasteiger partial charge in [-0.3, -0.25) is 0 Å². The van der Waals surface area contributed by atoms with Crippen LogP contribution in [0.25, 0.3) is 10.1 Å². The molecule has 1 fully saturated rings. The first-order chi connectivity index (χ1) is 8.98. The summed E-state index contributed by atoms with van der Waals surface area (Å²) in [5, 5.41) is 13.4. The van der Waals surface area contributed by atoms with Crippen LogP contribution < -0.4 is 0 Å². The molecule has 2 unspecified atom stereocenters. The highest BCUT2D eigenvalue weighted by Gasteiger charge is 2.34. The number of hydrogen-bond donors (Lipinski definition) is 1. The molecule has 0 bridgehead atoms. The number of hydrogen-bond acceptors (Lipinski definition) is 4. The van der Waals surface area contributed by atoms with Crippen molar-refractivity contribution in [2.24, 2.45) is 5.92 Å². The van der Waals surface area contributed by atoms with E-state index in [9.17, 15) is 13.5 Å². The van der Waals surface area contributed by atoms with Crippen molar-refractivity contribution in [3.63, 3.8) is 0 Å². The Morgan fingerprint density at radius 1 is 1.42 bits per heavy atom. The molecule has 6 heteroatoms. The summed E-state index contributed by atoms with van der Waals surface area (Å²) in [5.41, 5.74) is 0.850. The van der Waals surface area contributed by atoms with Gasteiger partial charge in [0.15, 0.2) is 9.84 Å². The van der Waals surface area contributed by atoms with E-state index in [2.05, 4.69) is 15.9 Å². The Balaban J connectivity index is 1.99. The zero-order valence-corrected chi connectivity index (χ0v) is 13.3. The molecule has 102 valence electrons. The summed E-state index contributed by atoms with van der Waals surface area (Å²) in [6.45, 7) is 0. The normalized spacial score (nSPS) is 23.8. The smallest absolute Gasteiger partial charge is 0.150 e. The second kappa shape index (κ2) is 4.84. The van der Waals surface area contributed by atoms with Crippen molar-refractivity contribution in [1.29, 1.82) is 0 Å². The summed E-state index contributed by atoms with van der Waals surface area (Å²) in [6, 6.07) is 5.87. The molecule has 2 atom stereocenters. The van der Waals surface area contributed by atoms with Gasteiger partial charge in [0.05, 0.1) is 17.6 Å². The molecule has 2 heterocycles. The molecule has 0 spiro atoms. The fourth-order valence-electron chi connectivity index (χ4n) is 2.60. The molecular formula is C13H13BrO3S2. The number of sulfone groups is 1. The van der Waals surface area contributed by atoms with Crippen LogP contribution >= 0.6 is 27.3 Å². The summed E-state index contributed by atoms with van der Waals surface area (Å²) >= 11 is 5.07. The molecule has 3 rings (SSSR count). The van der Waals surface area contributed by atoms with Crippen LogP contribution in [0, 0.1) is 5.92 Å². The van der Waals surface area contributed by atoms with E-state index in [0.717, 1.165) is 20.1 Å². The van der Waals surface area contributed by atoms with Gasteiger partial charge in [0.1, 0.15) is 0 Å². The number of thiophene rings is 1. The molecule has 3 nitrogen and oxygen atoms in total. The van der Waals surface area contributed by atoms with Crippen LogP contribution in [0.15, 0.2) is 28.1 Å². The monoisotopic (exact) mass is 360 g/mol. The van der Waals surface area contributed by atoms with E-state index in [1.165, 1.54) is 0 Å². The minimum Gasteiger partial charge on any atom is -0.388 e. The van der Waals surface area contributed by atoms with Crippen LogP contribution in [-0.2, 0) is 9.84 Å². The van der Waals surface area contributed by atoms with Crippen LogP contribution in [0.4, 0.5) is 0 Å². The Kier molecular flexibility index (Phi) is 3.45. The van der Waals surface area contributed by atoms with Crippen LogP contribution in [0.5, 0.6) is 0 Å². The van der Waals surface area contributed by atoms with Crippen LogP contribution in [0.1, 0.15) is 18.1 Å². The van der Waals surface area contributed by atoms with Gasteiger partial charge in [-0.15, -0.1) is 11.3 Å². The van der Waals surface area contributed by atoms with E-state index in [0.29, 0.717) is 6.42 Å². The van der Waals surface area contributed by atoms with Gasteiger partial charge in [-0.25, -0.2) is 8.42 Å². The average Bonchev–Trinajstić information content (AvgIpc) is 2.93. The molecule has 1 aromatic carbocycles. The maximum atomic E-state index is 11.5. The van der Waals surface area contributed by atoms with Gasteiger partial charge < -0.3 is 5.11 Å².